The van der Waals surface area contributed by atoms with E-state index in [2.05, 4.69) is 10.6 Å². The molecular formula is C17H16N2O2S2. The van der Waals surface area contributed by atoms with Crippen LogP contribution in [0.5, 0.6) is 0 Å². The minimum Gasteiger partial charge on any atom is -0.325 e. The van der Waals surface area contributed by atoms with E-state index < -0.39 is 0 Å². The van der Waals surface area contributed by atoms with Crippen LogP contribution < -0.4 is 10.6 Å². The second-order valence-electron chi connectivity index (χ2n) is 5.20. The van der Waals surface area contributed by atoms with Crippen molar-refractivity contribution in [2.45, 2.75) is 16.7 Å². The van der Waals surface area contributed by atoms with Crippen molar-refractivity contribution >= 4 is 46.7 Å². The number of rotatable bonds is 4. The molecule has 2 N–H and O–H groups in total. The van der Waals surface area contributed by atoms with E-state index in [1.807, 2.05) is 43.3 Å². The minimum atomic E-state index is -0.0645. The van der Waals surface area contributed by atoms with E-state index in [1.165, 1.54) is 29.1 Å². The van der Waals surface area contributed by atoms with Crippen molar-refractivity contribution in [3.63, 3.8) is 0 Å². The molecule has 6 heteroatoms. The van der Waals surface area contributed by atoms with Crippen molar-refractivity contribution < 1.29 is 9.59 Å². The van der Waals surface area contributed by atoms with Gasteiger partial charge in [-0.05, 0) is 37.3 Å². The first-order valence-electron chi connectivity index (χ1n) is 7.16. The highest BCUT2D eigenvalue weighted by Gasteiger charge is 2.15. The highest BCUT2D eigenvalue weighted by Crippen LogP contribution is 2.33. The highest BCUT2D eigenvalue weighted by atomic mass is 32.2. The minimum absolute atomic E-state index is 0.0131. The van der Waals surface area contributed by atoms with Crippen LogP contribution in [-0.4, -0.2) is 23.3 Å². The molecule has 23 heavy (non-hydrogen) atoms. The molecule has 4 nitrogen and oxygen atoms in total. The fourth-order valence-electron chi connectivity index (χ4n) is 2.14. The molecule has 1 aliphatic heterocycles. The molecule has 0 aromatic heterocycles. The molecule has 1 aliphatic rings. The number of fused-ring (bicyclic) bond motifs is 1. The van der Waals surface area contributed by atoms with Crippen LogP contribution >= 0.6 is 23.5 Å². The van der Waals surface area contributed by atoms with E-state index in [9.17, 15) is 9.59 Å². The van der Waals surface area contributed by atoms with Gasteiger partial charge in [0.05, 0.1) is 17.2 Å². The first-order valence-corrected chi connectivity index (χ1v) is 9.13. The molecule has 3 rings (SSSR count). The highest BCUT2D eigenvalue weighted by molar-refractivity contribution is 8.00. The van der Waals surface area contributed by atoms with Crippen LogP contribution in [0.1, 0.15) is 5.56 Å². The standard InChI is InChI=1S/C17H16N2O2S2/c1-11-2-5-13(6-3-11)22-9-16(20)18-12-4-7-15-14(8-12)19-17(21)10-23-15/h2-8H,9-10H2,1H3,(H,18,20)(H,19,21). The summed E-state index contributed by atoms with van der Waals surface area (Å²) in [7, 11) is 0. The SMILES string of the molecule is Cc1ccc(SCC(=O)Nc2ccc3c(c2)NC(=O)CS3)cc1. The Morgan fingerprint density at radius 3 is 2.83 bits per heavy atom. The zero-order valence-corrected chi connectivity index (χ0v) is 14.2. The van der Waals surface area contributed by atoms with Gasteiger partial charge in [0.15, 0.2) is 0 Å². The predicted molar refractivity (Wildman–Crippen MR) is 96.3 cm³/mol. The summed E-state index contributed by atoms with van der Waals surface area (Å²) in [5, 5.41) is 5.69. The Morgan fingerprint density at radius 2 is 2.04 bits per heavy atom. The van der Waals surface area contributed by atoms with Crippen LogP contribution in [-0.2, 0) is 9.59 Å². The predicted octanol–water partition coefficient (Wildman–Crippen LogP) is 3.77. The average molecular weight is 344 g/mol. The number of benzene rings is 2. The fraction of sp³-hybridized carbons (Fsp3) is 0.176. The number of hydrogen-bond acceptors (Lipinski definition) is 4. The van der Waals surface area contributed by atoms with E-state index in [4.69, 9.17) is 0 Å². The van der Waals surface area contributed by atoms with Gasteiger partial charge in [-0.15, -0.1) is 23.5 Å². The van der Waals surface area contributed by atoms with E-state index in [1.54, 1.807) is 6.07 Å². The van der Waals surface area contributed by atoms with Gasteiger partial charge in [0.1, 0.15) is 0 Å². The van der Waals surface area contributed by atoms with Crippen molar-refractivity contribution in [2.24, 2.45) is 0 Å². The first kappa shape index (κ1) is 16.0. The Balaban J connectivity index is 1.58. The zero-order chi connectivity index (χ0) is 16.2. The van der Waals surface area contributed by atoms with Crippen molar-refractivity contribution in [3.05, 3.63) is 48.0 Å². The van der Waals surface area contributed by atoms with Crippen LogP contribution in [0.15, 0.2) is 52.3 Å². The van der Waals surface area contributed by atoms with Gasteiger partial charge >= 0.3 is 0 Å². The maximum Gasteiger partial charge on any atom is 0.234 e. The Labute approximate surface area is 143 Å². The fourth-order valence-corrected chi connectivity index (χ4v) is 3.63. The second kappa shape index (κ2) is 7.10. The number of thioether (sulfide) groups is 2. The number of carbonyl (C=O) groups is 2. The summed E-state index contributed by atoms with van der Waals surface area (Å²) in [6.07, 6.45) is 0. The number of hydrogen-bond donors (Lipinski definition) is 2. The lowest BCUT2D eigenvalue weighted by Gasteiger charge is -2.17. The second-order valence-corrected chi connectivity index (χ2v) is 7.26. The van der Waals surface area contributed by atoms with Gasteiger partial charge in [0.2, 0.25) is 11.8 Å². The molecule has 0 bridgehead atoms. The molecule has 2 amide bonds. The van der Waals surface area contributed by atoms with Crippen LogP contribution in [0.25, 0.3) is 0 Å². The molecule has 1 heterocycles. The number of amides is 2. The van der Waals surface area contributed by atoms with Crippen LogP contribution in [0, 0.1) is 6.92 Å². The van der Waals surface area contributed by atoms with Crippen molar-refractivity contribution in [1.82, 2.24) is 0 Å². The average Bonchev–Trinajstić information content (AvgIpc) is 2.54. The molecule has 0 unspecified atom stereocenters. The molecule has 0 atom stereocenters. The molecule has 2 aromatic carbocycles. The van der Waals surface area contributed by atoms with E-state index in [0.717, 1.165) is 15.5 Å². The van der Waals surface area contributed by atoms with E-state index >= 15 is 0 Å². The van der Waals surface area contributed by atoms with Gasteiger partial charge in [0, 0.05) is 15.5 Å². The van der Waals surface area contributed by atoms with Gasteiger partial charge in [-0.1, -0.05) is 17.7 Å². The third-order valence-electron chi connectivity index (χ3n) is 3.29. The maximum atomic E-state index is 12.1. The Morgan fingerprint density at radius 1 is 1.26 bits per heavy atom. The van der Waals surface area contributed by atoms with Crippen LogP contribution in [0.3, 0.4) is 0 Å². The Hall–Kier alpha value is -1.92. The van der Waals surface area contributed by atoms with E-state index in [-0.39, 0.29) is 11.8 Å². The number of nitrogens with one attached hydrogen (secondary N) is 2. The monoisotopic (exact) mass is 344 g/mol. The quantitative estimate of drug-likeness (QED) is 0.829. The molecule has 0 radical (unpaired) electrons. The summed E-state index contributed by atoms with van der Waals surface area (Å²) >= 11 is 3.00. The molecule has 0 saturated heterocycles. The lowest BCUT2D eigenvalue weighted by molar-refractivity contribution is -0.114. The summed E-state index contributed by atoms with van der Waals surface area (Å²) in [6, 6.07) is 13.7. The van der Waals surface area contributed by atoms with Crippen LogP contribution in [0.4, 0.5) is 11.4 Å². The third-order valence-corrected chi connectivity index (χ3v) is 5.37. The van der Waals surface area contributed by atoms with Gasteiger partial charge in [-0.3, -0.25) is 9.59 Å². The van der Waals surface area contributed by atoms with Crippen molar-refractivity contribution in [1.29, 1.82) is 0 Å². The smallest absolute Gasteiger partial charge is 0.234 e. The third kappa shape index (κ3) is 4.30. The molecule has 2 aromatic rings. The number of aryl methyl sites for hydroxylation is 1. The molecule has 0 fully saturated rings. The number of anilines is 2. The van der Waals surface area contributed by atoms with E-state index in [0.29, 0.717) is 17.2 Å². The van der Waals surface area contributed by atoms with Gasteiger partial charge in [-0.25, -0.2) is 0 Å². The summed E-state index contributed by atoms with van der Waals surface area (Å²) in [5.41, 5.74) is 2.66. The number of carbonyl (C=O) groups excluding carboxylic acids is 2. The summed E-state index contributed by atoms with van der Waals surface area (Å²) < 4.78 is 0. The van der Waals surface area contributed by atoms with Crippen molar-refractivity contribution in [3.8, 4) is 0 Å². The van der Waals surface area contributed by atoms with Gasteiger partial charge in [-0.2, -0.15) is 0 Å². The summed E-state index contributed by atoms with van der Waals surface area (Å²) in [5.74, 6) is 0.707. The molecule has 118 valence electrons. The zero-order valence-electron chi connectivity index (χ0n) is 12.6. The normalized spacial score (nSPS) is 13.2. The maximum absolute atomic E-state index is 12.1. The molecular weight excluding hydrogens is 328 g/mol. The lowest BCUT2D eigenvalue weighted by Crippen LogP contribution is -2.19. The molecule has 0 saturated carbocycles. The lowest BCUT2D eigenvalue weighted by atomic mass is 10.2. The Kier molecular flexibility index (Phi) is 4.93. The summed E-state index contributed by atoms with van der Waals surface area (Å²) in [6.45, 7) is 2.04. The van der Waals surface area contributed by atoms with Gasteiger partial charge < -0.3 is 10.6 Å². The topological polar surface area (TPSA) is 58.2 Å². The first-order chi connectivity index (χ1) is 11.1. The summed E-state index contributed by atoms with van der Waals surface area (Å²) in [4.78, 5) is 25.6. The molecule has 0 aliphatic carbocycles. The van der Waals surface area contributed by atoms with Crippen LogP contribution in [0.2, 0.25) is 0 Å². The largest absolute Gasteiger partial charge is 0.325 e. The van der Waals surface area contributed by atoms with Gasteiger partial charge in [0.25, 0.3) is 0 Å². The Bertz CT molecular complexity index is 745. The van der Waals surface area contributed by atoms with Crippen molar-refractivity contribution in [2.75, 3.05) is 22.1 Å². The molecule has 0 spiro atoms.